The van der Waals surface area contributed by atoms with Gasteiger partial charge in [-0.05, 0) is 17.5 Å². The van der Waals surface area contributed by atoms with Gasteiger partial charge in [0.15, 0.2) is 5.78 Å². The molecule has 0 saturated carbocycles. The van der Waals surface area contributed by atoms with Crippen molar-refractivity contribution in [2.45, 2.75) is 32.1 Å². The molecule has 2 amide bonds. The van der Waals surface area contributed by atoms with Gasteiger partial charge in [0.1, 0.15) is 19.3 Å². The van der Waals surface area contributed by atoms with Gasteiger partial charge < -0.3 is 19.7 Å². The molecule has 7 heteroatoms. The summed E-state index contributed by atoms with van der Waals surface area (Å²) < 4.78 is 10.5. The molecule has 0 radical (unpaired) electrons. The lowest BCUT2D eigenvalue weighted by atomic mass is 10.1. The smallest absolute Gasteiger partial charge is 0.410 e. The lowest BCUT2D eigenvalue weighted by Crippen LogP contribution is -2.48. The van der Waals surface area contributed by atoms with E-state index in [1.807, 2.05) is 60.7 Å². The monoisotopic (exact) mass is 396 g/mol. The van der Waals surface area contributed by atoms with Gasteiger partial charge in [-0.25, -0.2) is 9.59 Å². The van der Waals surface area contributed by atoms with Crippen LogP contribution >= 0.6 is 0 Å². The predicted octanol–water partition coefficient (Wildman–Crippen LogP) is 3.28. The van der Waals surface area contributed by atoms with E-state index in [4.69, 9.17) is 9.47 Å². The first-order valence-electron chi connectivity index (χ1n) is 9.57. The summed E-state index contributed by atoms with van der Waals surface area (Å²) >= 11 is 0. The summed E-state index contributed by atoms with van der Waals surface area (Å²) in [6, 6.07) is 17.8. The van der Waals surface area contributed by atoms with Crippen LogP contribution in [-0.4, -0.2) is 42.0 Å². The van der Waals surface area contributed by atoms with Gasteiger partial charge in [0.2, 0.25) is 0 Å². The van der Waals surface area contributed by atoms with Crippen molar-refractivity contribution >= 4 is 18.0 Å². The van der Waals surface area contributed by atoms with E-state index in [-0.39, 0.29) is 32.0 Å². The molecule has 29 heavy (non-hydrogen) atoms. The average molecular weight is 396 g/mol. The maximum absolute atomic E-state index is 12.4. The molecular weight excluding hydrogens is 372 g/mol. The molecule has 0 bridgehead atoms. The Hall–Kier alpha value is -3.35. The molecule has 1 saturated heterocycles. The van der Waals surface area contributed by atoms with Gasteiger partial charge in [-0.2, -0.15) is 0 Å². The number of Topliss-reactive ketones (excluding diaryl/α,β-unsaturated/α-hetero) is 1. The lowest BCUT2D eigenvalue weighted by molar-refractivity contribution is -0.120. The van der Waals surface area contributed by atoms with Crippen molar-refractivity contribution in [1.29, 1.82) is 0 Å². The van der Waals surface area contributed by atoms with Gasteiger partial charge >= 0.3 is 12.2 Å². The summed E-state index contributed by atoms with van der Waals surface area (Å²) in [6.07, 6.45) is -0.387. The largest absolute Gasteiger partial charge is 0.445 e. The van der Waals surface area contributed by atoms with Crippen LogP contribution in [0.25, 0.3) is 0 Å². The molecule has 0 aliphatic carbocycles. The van der Waals surface area contributed by atoms with E-state index < -0.39 is 18.2 Å². The summed E-state index contributed by atoms with van der Waals surface area (Å²) in [5, 5.41) is 2.58. The van der Waals surface area contributed by atoms with Crippen molar-refractivity contribution in [3.63, 3.8) is 0 Å². The SMILES string of the molecule is O=C(NC1CN(C(=O)OCc2ccccc2)CCCC1=O)OCc1ccccc1. The molecule has 2 aromatic rings. The van der Waals surface area contributed by atoms with Crippen LogP contribution in [0, 0.1) is 0 Å². The van der Waals surface area contributed by atoms with Crippen LogP contribution in [0.15, 0.2) is 60.7 Å². The maximum Gasteiger partial charge on any atom is 0.410 e. The third-order valence-corrected chi connectivity index (χ3v) is 4.61. The Bertz CT molecular complexity index is 826. The molecule has 0 aromatic heterocycles. The van der Waals surface area contributed by atoms with E-state index in [0.29, 0.717) is 13.0 Å². The topological polar surface area (TPSA) is 84.9 Å². The molecule has 1 aliphatic rings. The highest BCUT2D eigenvalue weighted by Gasteiger charge is 2.30. The number of ether oxygens (including phenoxy) is 2. The highest BCUT2D eigenvalue weighted by Crippen LogP contribution is 2.11. The number of hydrogen-bond acceptors (Lipinski definition) is 5. The fourth-order valence-electron chi connectivity index (χ4n) is 3.04. The molecule has 7 nitrogen and oxygen atoms in total. The zero-order valence-electron chi connectivity index (χ0n) is 16.1. The molecule has 1 fully saturated rings. The molecule has 152 valence electrons. The van der Waals surface area contributed by atoms with Crippen LogP contribution in [0.1, 0.15) is 24.0 Å². The van der Waals surface area contributed by atoms with Gasteiger partial charge in [0, 0.05) is 13.0 Å². The van der Waals surface area contributed by atoms with E-state index in [1.54, 1.807) is 0 Å². The van der Waals surface area contributed by atoms with E-state index in [2.05, 4.69) is 5.32 Å². The van der Waals surface area contributed by atoms with Crippen LogP contribution in [0.4, 0.5) is 9.59 Å². The zero-order valence-corrected chi connectivity index (χ0v) is 16.1. The molecule has 1 unspecified atom stereocenters. The molecular formula is C22H24N2O5. The number of nitrogens with one attached hydrogen (secondary N) is 1. The zero-order chi connectivity index (χ0) is 20.5. The minimum Gasteiger partial charge on any atom is -0.445 e. The van der Waals surface area contributed by atoms with Crippen molar-refractivity contribution in [2.24, 2.45) is 0 Å². The molecule has 1 N–H and O–H groups in total. The van der Waals surface area contributed by atoms with E-state index >= 15 is 0 Å². The second-order valence-corrected chi connectivity index (χ2v) is 6.81. The van der Waals surface area contributed by atoms with Gasteiger partial charge in [0.05, 0.1) is 6.54 Å². The number of amides is 2. The minimum atomic E-state index is -0.815. The number of hydrogen-bond donors (Lipinski definition) is 1. The van der Waals surface area contributed by atoms with Crippen molar-refractivity contribution < 1.29 is 23.9 Å². The Morgan fingerprint density at radius 3 is 2.14 bits per heavy atom. The summed E-state index contributed by atoms with van der Waals surface area (Å²) in [6.45, 7) is 0.723. The van der Waals surface area contributed by atoms with Crippen LogP contribution in [0.5, 0.6) is 0 Å². The number of benzene rings is 2. The fourth-order valence-corrected chi connectivity index (χ4v) is 3.04. The number of rotatable bonds is 5. The first-order chi connectivity index (χ1) is 14.1. The lowest BCUT2D eigenvalue weighted by Gasteiger charge is -2.23. The highest BCUT2D eigenvalue weighted by atomic mass is 16.6. The van der Waals surface area contributed by atoms with Gasteiger partial charge in [-0.15, -0.1) is 0 Å². The van der Waals surface area contributed by atoms with Gasteiger partial charge in [0.25, 0.3) is 0 Å². The Labute approximate surface area is 169 Å². The van der Waals surface area contributed by atoms with Crippen molar-refractivity contribution in [3.8, 4) is 0 Å². The highest BCUT2D eigenvalue weighted by molar-refractivity contribution is 5.88. The Morgan fingerprint density at radius 1 is 0.931 bits per heavy atom. The third kappa shape index (κ3) is 6.34. The number of nitrogens with zero attached hydrogens (tertiary/aromatic N) is 1. The Morgan fingerprint density at radius 2 is 1.52 bits per heavy atom. The standard InChI is InChI=1S/C22H24N2O5/c25-20-12-7-13-24(22(27)29-16-18-10-5-2-6-11-18)14-19(20)23-21(26)28-15-17-8-3-1-4-9-17/h1-6,8-11,19H,7,12-16H2,(H,23,26). The summed E-state index contributed by atoms with van der Waals surface area (Å²) in [5.74, 6) is -0.125. The quantitative estimate of drug-likeness (QED) is 0.838. The van der Waals surface area contributed by atoms with E-state index in [0.717, 1.165) is 11.1 Å². The summed E-state index contributed by atoms with van der Waals surface area (Å²) in [5.41, 5.74) is 1.73. The van der Waals surface area contributed by atoms with Gasteiger partial charge in [-0.1, -0.05) is 60.7 Å². The van der Waals surface area contributed by atoms with Crippen molar-refractivity contribution in [1.82, 2.24) is 10.2 Å². The maximum atomic E-state index is 12.4. The minimum absolute atomic E-state index is 0.0624. The fraction of sp³-hybridized carbons (Fsp3) is 0.318. The van der Waals surface area contributed by atoms with Gasteiger partial charge in [-0.3, -0.25) is 4.79 Å². The first-order valence-corrected chi connectivity index (χ1v) is 9.57. The summed E-state index contributed by atoms with van der Waals surface area (Å²) in [7, 11) is 0. The first kappa shape index (κ1) is 20.4. The molecule has 3 rings (SSSR count). The predicted molar refractivity (Wildman–Crippen MR) is 106 cm³/mol. The normalized spacial score (nSPS) is 16.6. The third-order valence-electron chi connectivity index (χ3n) is 4.61. The molecule has 1 atom stereocenters. The van der Waals surface area contributed by atoms with E-state index in [1.165, 1.54) is 4.90 Å². The van der Waals surface area contributed by atoms with Crippen LogP contribution in [0.2, 0.25) is 0 Å². The molecule has 1 heterocycles. The molecule has 0 spiro atoms. The Balaban J connectivity index is 1.51. The number of alkyl carbamates (subject to hydrolysis) is 1. The van der Waals surface area contributed by atoms with E-state index in [9.17, 15) is 14.4 Å². The average Bonchev–Trinajstić information content (AvgIpc) is 2.93. The number of likely N-dealkylation sites (tertiary alicyclic amines) is 1. The molecule has 2 aromatic carbocycles. The second kappa shape index (κ2) is 10.3. The van der Waals surface area contributed by atoms with Crippen molar-refractivity contribution in [2.75, 3.05) is 13.1 Å². The van der Waals surface area contributed by atoms with Crippen LogP contribution in [-0.2, 0) is 27.5 Å². The number of ketones is 1. The Kier molecular flexibility index (Phi) is 7.22. The van der Waals surface area contributed by atoms with Crippen LogP contribution < -0.4 is 5.32 Å². The second-order valence-electron chi connectivity index (χ2n) is 6.81. The summed E-state index contributed by atoms with van der Waals surface area (Å²) in [4.78, 5) is 38.3. The van der Waals surface area contributed by atoms with Crippen molar-refractivity contribution in [3.05, 3.63) is 71.8 Å². The van der Waals surface area contributed by atoms with Crippen LogP contribution in [0.3, 0.4) is 0 Å². The number of carbonyl (C=O) groups is 3. The number of carbonyl (C=O) groups excluding carboxylic acids is 3. The molecule has 1 aliphatic heterocycles.